The molecule has 0 unspecified atom stereocenters. The summed E-state index contributed by atoms with van der Waals surface area (Å²) in [7, 11) is 2.19. The number of fused-ring (bicyclic) bond motifs is 3. The Bertz CT molecular complexity index is 1830. The second kappa shape index (κ2) is 11.7. The van der Waals surface area contributed by atoms with Gasteiger partial charge in [0, 0.05) is 42.1 Å². The lowest BCUT2D eigenvalue weighted by molar-refractivity contribution is 0.0133. The lowest BCUT2D eigenvalue weighted by Gasteiger charge is -2.44. The fourth-order valence-electron chi connectivity index (χ4n) is 7.87. The van der Waals surface area contributed by atoms with Crippen molar-refractivity contribution >= 4 is 27.5 Å². The van der Waals surface area contributed by atoms with Crippen molar-refractivity contribution in [3.8, 4) is 35.4 Å². The van der Waals surface area contributed by atoms with E-state index in [1.807, 2.05) is 0 Å². The van der Waals surface area contributed by atoms with Gasteiger partial charge in [-0.05, 0) is 76.2 Å². The van der Waals surface area contributed by atoms with Gasteiger partial charge in [0.15, 0.2) is 5.82 Å². The number of aryl methyl sites for hydroxylation is 1. The van der Waals surface area contributed by atoms with Crippen LogP contribution in [0.3, 0.4) is 0 Å². The minimum Gasteiger partial charge on any atom is -0.508 e. The molecule has 45 heavy (non-hydrogen) atoms. The van der Waals surface area contributed by atoms with Gasteiger partial charge in [0.25, 0.3) is 0 Å². The second-order valence-electron chi connectivity index (χ2n) is 12.7. The highest BCUT2D eigenvalue weighted by molar-refractivity contribution is 6.03. The Morgan fingerprint density at radius 3 is 2.76 bits per heavy atom. The quantitative estimate of drug-likeness (QED) is 0.275. The smallest absolute Gasteiger partial charge is 0.319 e. The van der Waals surface area contributed by atoms with Crippen LogP contribution in [0.2, 0.25) is 0 Å². The number of halogens is 2. The first-order valence-corrected chi connectivity index (χ1v) is 15.8. The minimum absolute atomic E-state index is 0.00989. The Balaban J connectivity index is 1.40. The van der Waals surface area contributed by atoms with Crippen molar-refractivity contribution in [2.75, 3.05) is 51.4 Å². The number of hydrogen-bond acceptors (Lipinski definition) is 8. The van der Waals surface area contributed by atoms with E-state index in [0.717, 1.165) is 45.1 Å². The van der Waals surface area contributed by atoms with Crippen LogP contribution >= 0.6 is 0 Å². The Labute approximate surface area is 261 Å². The topological polar surface area (TPSA) is 83.8 Å². The van der Waals surface area contributed by atoms with E-state index < -0.39 is 11.6 Å². The lowest BCUT2D eigenvalue weighted by atomic mass is 9.76. The molecule has 2 aromatic heterocycles. The van der Waals surface area contributed by atoms with E-state index >= 15 is 4.39 Å². The summed E-state index contributed by atoms with van der Waals surface area (Å²) in [6, 6.07) is 6.13. The third-order valence-electron chi connectivity index (χ3n) is 9.96. The summed E-state index contributed by atoms with van der Waals surface area (Å²) >= 11 is 0. The van der Waals surface area contributed by atoms with Crippen molar-refractivity contribution in [2.45, 2.75) is 51.5 Å². The molecule has 1 N–H and O–H groups in total. The molecule has 2 aliphatic heterocycles. The zero-order valence-corrected chi connectivity index (χ0v) is 25.7. The highest BCUT2D eigenvalue weighted by Crippen LogP contribution is 2.47. The standard InChI is InChI=1S/C35H37F2N5O3/c1-4-24-26(36)10-9-22-18-23(43)19-25(29(22)24)31-30(37)32-28(21(2)38-31)33(42-14-7-16-44-17-15-42)40-34(39-32)45-20-35-11-5-8-27(35)41(3)13-6-12-35/h1,9-10,18-19,27,43H,5-8,11-17,20H2,2-3H3/t27-,35-/m1/s1. The molecule has 0 bridgehead atoms. The van der Waals surface area contributed by atoms with Crippen LogP contribution in [-0.4, -0.2) is 77.5 Å². The fraction of sp³-hybridized carbons (Fsp3) is 0.457. The third kappa shape index (κ3) is 5.12. The van der Waals surface area contributed by atoms with Crippen molar-refractivity contribution < 1.29 is 23.4 Å². The Hall–Kier alpha value is -4.07. The van der Waals surface area contributed by atoms with Crippen LogP contribution in [0.5, 0.6) is 11.8 Å². The van der Waals surface area contributed by atoms with Crippen molar-refractivity contribution in [1.29, 1.82) is 0 Å². The number of piperidine rings is 1. The first kappa shape index (κ1) is 29.6. The predicted octanol–water partition coefficient (Wildman–Crippen LogP) is 5.99. The van der Waals surface area contributed by atoms with E-state index in [4.69, 9.17) is 20.9 Å². The van der Waals surface area contributed by atoms with E-state index in [0.29, 0.717) is 66.6 Å². The number of nitrogens with zero attached hydrogens (tertiary/aromatic N) is 5. The monoisotopic (exact) mass is 613 g/mol. The molecule has 2 aromatic carbocycles. The molecule has 234 valence electrons. The van der Waals surface area contributed by atoms with E-state index in [1.165, 1.54) is 24.3 Å². The van der Waals surface area contributed by atoms with Gasteiger partial charge in [0.05, 0.1) is 29.9 Å². The van der Waals surface area contributed by atoms with Gasteiger partial charge < -0.3 is 24.4 Å². The first-order chi connectivity index (χ1) is 21.8. The average Bonchev–Trinajstić information content (AvgIpc) is 3.29. The number of aromatic hydroxyl groups is 1. The van der Waals surface area contributed by atoms with Gasteiger partial charge in [-0.25, -0.2) is 13.8 Å². The van der Waals surface area contributed by atoms with Crippen LogP contribution in [0.25, 0.3) is 32.9 Å². The van der Waals surface area contributed by atoms with Crippen LogP contribution in [0.4, 0.5) is 14.6 Å². The molecule has 4 aromatic rings. The lowest BCUT2D eigenvalue weighted by Crippen LogP contribution is -2.50. The molecule has 2 saturated heterocycles. The Kier molecular flexibility index (Phi) is 7.70. The van der Waals surface area contributed by atoms with Crippen molar-refractivity contribution in [1.82, 2.24) is 19.9 Å². The average molecular weight is 614 g/mol. The predicted molar refractivity (Wildman–Crippen MR) is 170 cm³/mol. The summed E-state index contributed by atoms with van der Waals surface area (Å²) in [5.74, 6) is 1.50. The summed E-state index contributed by atoms with van der Waals surface area (Å²) < 4.78 is 43.9. The first-order valence-electron chi connectivity index (χ1n) is 15.8. The van der Waals surface area contributed by atoms with Gasteiger partial charge in [-0.2, -0.15) is 9.97 Å². The molecule has 1 aliphatic carbocycles. The van der Waals surface area contributed by atoms with Gasteiger partial charge in [-0.15, -0.1) is 6.42 Å². The summed E-state index contributed by atoms with van der Waals surface area (Å²) in [5, 5.41) is 11.8. The SMILES string of the molecule is C#Cc1c(F)ccc2cc(O)cc(-c3nc(C)c4c(N5CCCOCC5)nc(OC[C@]56CCC[C@H]5N(C)CCC6)nc4c3F)c12. The Morgan fingerprint density at radius 1 is 1.07 bits per heavy atom. The molecule has 0 spiro atoms. The number of benzene rings is 2. The van der Waals surface area contributed by atoms with E-state index in [2.05, 4.69) is 32.7 Å². The van der Waals surface area contributed by atoms with Crippen molar-refractivity contribution in [2.24, 2.45) is 5.41 Å². The van der Waals surface area contributed by atoms with Gasteiger partial charge in [-0.3, -0.25) is 0 Å². The van der Waals surface area contributed by atoms with Crippen molar-refractivity contribution in [3.05, 3.63) is 47.2 Å². The summed E-state index contributed by atoms with van der Waals surface area (Å²) in [5.41, 5.74) is 0.632. The number of pyridine rings is 1. The number of ether oxygens (including phenoxy) is 2. The maximum Gasteiger partial charge on any atom is 0.319 e. The number of phenols is 1. The zero-order chi connectivity index (χ0) is 31.3. The molecule has 8 nitrogen and oxygen atoms in total. The molecule has 0 radical (unpaired) electrons. The summed E-state index contributed by atoms with van der Waals surface area (Å²) in [6.45, 7) is 5.71. The maximum atomic E-state index is 16.9. The summed E-state index contributed by atoms with van der Waals surface area (Å²) in [4.78, 5) is 18.8. The number of rotatable bonds is 5. The zero-order valence-electron chi connectivity index (χ0n) is 25.7. The Morgan fingerprint density at radius 2 is 1.91 bits per heavy atom. The highest BCUT2D eigenvalue weighted by Gasteiger charge is 2.47. The minimum atomic E-state index is -0.719. The van der Waals surface area contributed by atoms with Crippen LogP contribution in [0.15, 0.2) is 24.3 Å². The molecule has 10 heteroatoms. The van der Waals surface area contributed by atoms with Crippen LogP contribution in [-0.2, 0) is 4.74 Å². The third-order valence-corrected chi connectivity index (χ3v) is 9.96. The number of aromatic nitrogens is 3. The fourth-order valence-corrected chi connectivity index (χ4v) is 7.87. The molecule has 0 amide bonds. The van der Waals surface area contributed by atoms with E-state index in [-0.39, 0.29) is 39.5 Å². The van der Waals surface area contributed by atoms with Crippen LogP contribution in [0.1, 0.15) is 49.8 Å². The van der Waals surface area contributed by atoms with Crippen molar-refractivity contribution in [3.63, 3.8) is 0 Å². The van der Waals surface area contributed by atoms with Crippen LogP contribution in [0, 0.1) is 36.3 Å². The second-order valence-corrected chi connectivity index (χ2v) is 12.7. The number of likely N-dealkylation sites (tertiary alicyclic amines) is 1. The molecule has 3 fully saturated rings. The molecular formula is C35H37F2N5O3. The van der Waals surface area contributed by atoms with E-state index in [1.54, 1.807) is 6.92 Å². The number of anilines is 1. The van der Waals surface area contributed by atoms with Gasteiger partial charge >= 0.3 is 6.01 Å². The molecule has 1 saturated carbocycles. The normalized spacial score (nSPS) is 22.4. The van der Waals surface area contributed by atoms with Crippen LogP contribution < -0.4 is 9.64 Å². The number of hydrogen-bond donors (Lipinski definition) is 1. The molecule has 2 atom stereocenters. The molecule has 4 heterocycles. The number of phenolic OH excluding ortho intramolecular Hbond substituents is 1. The number of terminal acetylenes is 1. The van der Waals surface area contributed by atoms with E-state index in [9.17, 15) is 9.50 Å². The highest BCUT2D eigenvalue weighted by atomic mass is 19.1. The van der Waals surface area contributed by atoms with Gasteiger partial charge in [0.2, 0.25) is 0 Å². The van der Waals surface area contributed by atoms with Gasteiger partial charge in [0.1, 0.15) is 28.6 Å². The largest absolute Gasteiger partial charge is 0.508 e. The molecular weight excluding hydrogens is 576 g/mol. The molecule has 3 aliphatic rings. The van der Waals surface area contributed by atoms with Gasteiger partial charge in [-0.1, -0.05) is 18.4 Å². The molecule has 7 rings (SSSR count). The summed E-state index contributed by atoms with van der Waals surface area (Å²) in [6.07, 6.45) is 12.0. The maximum absolute atomic E-state index is 16.9.